The Morgan fingerprint density at radius 1 is 1.24 bits per heavy atom. The maximum atomic E-state index is 12.6. The highest BCUT2D eigenvalue weighted by Gasteiger charge is 2.33. The average molecular weight is 486 g/mol. The number of ether oxygens (including phenoxy) is 1. The van der Waals surface area contributed by atoms with Crippen molar-refractivity contribution in [2.45, 2.75) is 51.0 Å². The lowest BCUT2D eigenvalue weighted by molar-refractivity contribution is -0.153. The number of hydrogen-bond donors (Lipinski definition) is 3. The number of allylic oxidation sites excluding steroid dienone is 3. The van der Waals surface area contributed by atoms with Gasteiger partial charge in [-0.25, -0.2) is 4.98 Å². The zero-order chi connectivity index (χ0) is 24.7. The van der Waals surface area contributed by atoms with Crippen molar-refractivity contribution in [3.63, 3.8) is 0 Å². The van der Waals surface area contributed by atoms with Gasteiger partial charge in [0.2, 0.25) is 0 Å². The van der Waals surface area contributed by atoms with Crippen molar-refractivity contribution in [2.75, 3.05) is 14.2 Å². The van der Waals surface area contributed by atoms with E-state index in [4.69, 9.17) is 4.74 Å². The van der Waals surface area contributed by atoms with Crippen molar-refractivity contribution >= 4 is 23.2 Å². The Morgan fingerprint density at radius 3 is 2.68 bits per heavy atom. The van der Waals surface area contributed by atoms with Crippen molar-refractivity contribution in [1.29, 1.82) is 0 Å². The first-order valence-corrected chi connectivity index (χ1v) is 12.0. The Labute approximate surface area is 203 Å². The molecule has 2 aromatic rings. The van der Waals surface area contributed by atoms with Gasteiger partial charge in [0.05, 0.1) is 25.4 Å². The highest BCUT2D eigenvalue weighted by molar-refractivity contribution is 7.09. The first-order valence-electron chi connectivity index (χ1n) is 11.1. The molecular weight excluding hydrogens is 454 g/mol. The number of aliphatic hydroxyl groups is 2. The molecule has 1 aromatic carbocycles. The Kier molecular flexibility index (Phi) is 8.98. The molecule has 1 aliphatic rings. The van der Waals surface area contributed by atoms with Gasteiger partial charge in [-0.05, 0) is 37.0 Å². The van der Waals surface area contributed by atoms with Crippen molar-refractivity contribution in [3.8, 4) is 0 Å². The van der Waals surface area contributed by atoms with Crippen LogP contribution in [0.3, 0.4) is 0 Å². The van der Waals surface area contributed by atoms with Crippen LogP contribution in [0.25, 0.3) is 0 Å². The van der Waals surface area contributed by atoms with Gasteiger partial charge in [0.25, 0.3) is 11.8 Å². The quantitative estimate of drug-likeness (QED) is 0.477. The third-order valence-electron chi connectivity index (χ3n) is 5.89. The summed E-state index contributed by atoms with van der Waals surface area (Å²) in [5.41, 5.74) is 2.93. The molecule has 0 saturated heterocycles. The van der Waals surface area contributed by atoms with E-state index in [0.717, 1.165) is 29.9 Å². The highest BCUT2D eigenvalue weighted by atomic mass is 32.1. The number of thiazole rings is 1. The number of nitrogens with one attached hydrogen (secondary N) is 1. The molecule has 34 heavy (non-hydrogen) atoms. The minimum Gasteiger partial charge on any atom is -0.497 e. The second-order valence-electron chi connectivity index (χ2n) is 8.17. The number of carbonyl (C=O) groups is 2. The first-order chi connectivity index (χ1) is 16.3. The van der Waals surface area contributed by atoms with Crippen molar-refractivity contribution < 1.29 is 24.5 Å². The van der Waals surface area contributed by atoms with Crippen LogP contribution in [-0.2, 0) is 27.3 Å². The van der Waals surface area contributed by atoms with Gasteiger partial charge in [0.1, 0.15) is 10.8 Å². The van der Waals surface area contributed by atoms with Gasteiger partial charge in [0, 0.05) is 18.8 Å². The first kappa shape index (κ1) is 25.6. The van der Waals surface area contributed by atoms with Gasteiger partial charge in [0.15, 0.2) is 12.2 Å². The summed E-state index contributed by atoms with van der Waals surface area (Å²) in [6.07, 6.45) is 2.83. The van der Waals surface area contributed by atoms with Gasteiger partial charge in [-0.3, -0.25) is 9.59 Å². The van der Waals surface area contributed by atoms with Gasteiger partial charge in [-0.15, -0.1) is 11.3 Å². The Hall–Kier alpha value is -3.01. The Morgan fingerprint density at radius 2 is 1.97 bits per heavy atom. The summed E-state index contributed by atoms with van der Waals surface area (Å²) in [4.78, 5) is 30.9. The summed E-state index contributed by atoms with van der Waals surface area (Å²) in [5, 5.41) is 25.7. The van der Waals surface area contributed by atoms with Crippen LogP contribution < -0.4 is 5.32 Å². The lowest BCUT2D eigenvalue weighted by Gasteiger charge is -2.28. The summed E-state index contributed by atoms with van der Waals surface area (Å²) in [7, 11) is 3.18. The number of carbonyl (C=O) groups excluding carboxylic acids is 2. The zero-order valence-electron chi connectivity index (χ0n) is 19.6. The van der Waals surface area contributed by atoms with Crippen LogP contribution in [0.2, 0.25) is 0 Å². The predicted octanol–water partition coefficient (Wildman–Crippen LogP) is 2.49. The summed E-state index contributed by atoms with van der Waals surface area (Å²) in [5.74, 6) is -0.707. The molecule has 3 rings (SSSR count). The fourth-order valence-corrected chi connectivity index (χ4v) is 4.44. The molecule has 0 radical (unpaired) electrons. The van der Waals surface area contributed by atoms with E-state index in [-0.39, 0.29) is 12.6 Å². The van der Waals surface area contributed by atoms with Gasteiger partial charge < -0.3 is 25.2 Å². The summed E-state index contributed by atoms with van der Waals surface area (Å²) < 4.78 is 5.42. The number of methoxy groups -OCH3 is 1. The van der Waals surface area contributed by atoms with Crippen LogP contribution >= 0.6 is 11.3 Å². The second kappa shape index (κ2) is 11.9. The molecule has 182 valence electrons. The number of aliphatic hydroxyl groups excluding tert-OH is 2. The summed E-state index contributed by atoms with van der Waals surface area (Å²) in [6.45, 7) is 1.90. The van der Waals surface area contributed by atoms with Crippen LogP contribution in [0.4, 0.5) is 0 Å². The smallest absolute Gasteiger partial charge is 0.254 e. The predicted molar refractivity (Wildman–Crippen MR) is 130 cm³/mol. The van der Waals surface area contributed by atoms with E-state index in [1.54, 1.807) is 7.11 Å². The third kappa shape index (κ3) is 6.31. The Bertz CT molecular complexity index is 1050. The summed E-state index contributed by atoms with van der Waals surface area (Å²) in [6, 6.07) is 8.97. The van der Waals surface area contributed by atoms with E-state index in [1.165, 1.54) is 28.9 Å². The molecule has 0 fully saturated rings. The minimum atomic E-state index is -1.89. The number of likely N-dealkylation sites (N-methyl/N-ethyl adjacent to an activating group) is 1. The molecule has 9 heteroatoms. The lowest BCUT2D eigenvalue weighted by Crippen LogP contribution is -2.50. The van der Waals surface area contributed by atoms with Gasteiger partial charge in [-0.2, -0.15) is 0 Å². The van der Waals surface area contributed by atoms with E-state index in [1.807, 2.05) is 48.7 Å². The van der Waals surface area contributed by atoms with Gasteiger partial charge in [-0.1, -0.05) is 36.4 Å². The van der Waals surface area contributed by atoms with Crippen molar-refractivity contribution in [3.05, 3.63) is 75.5 Å². The fraction of sp³-hybridized carbons (Fsp3) is 0.400. The molecule has 0 saturated carbocycles. The molecule has 1 heterocycles. The fourth-order valence-electron chi connectivity index (χ4n) is 3.71. The lowest BCUT2D eigenvalue weighted by atomic mass is 9.99. The number of rotatable bonds is 10. The largest absolute Gasteiger partial charge is 0.497 e. The molecule has 2 amide bonds. The molecule has 3 atom stereocenters. The third-order valence-corrected chi connectivity index (χ3v) is 6.79. The standard InChI is InChI=1S/C25H31N3O5S/c1-16(17-9-5-4-6-10-17)28(2)25(32)23(30)22(29)24(31)26-14-21-27-19(15-34-21)13-18-11-7-8-12-20(18)33-3/h4-6,8-10,12,15-16,22-23,29-30H,7,11,13-14H2,1-3H3,(H,26,31)/t16-,22+,23+/m0/s1. The molecule has 1 aliphatic carbocycles. The SMILES string of the molecule is COC1=C(Cc2csc(CNC(=O)[C@H](O)[C@@H](O)C(=O)N(C)[C@@H](C)c3ccccc3)n2)CCC=C1. The van der Waals surface area contributed by atoms with Crippen molar-refractivity contribution in [2.24, 2.45) is 0 Å². The van der Waals surface area contributed by atoms with Crippen molar-refractivity contribution in [1.82, 2.24) is 15.2 Å². The molecule has 0 aliphatic heterocycles. The van der Waals surface area contributed by atoms with Crippen LogP contribution in [0.5, 0.6) is 0 Å². The van der Waals surface area contributed by atoms with Crippen LogP contribution in [0.1, 0.15) is 42.1 Å². The number of hydrogen-bond acceptors (Lipinski definition) is 7. The van der Waals surface area contributed by atoms with E-state index in [2.05, 4.69) is 16.4 Å². The molecule has 0 spiro atoms. The van der Waals surface area contributed by atoms with Crippen LogP contribution in [0.15, 0.2) is 59.2 Å². The molecule has 8 nitrogen and oxygen atoms in total. The summed E-state index contributed by atoms with van der Waals surface area (Å²) >= 11 is 1.40. The number of benzene rings is 1. The normalized spacial score (nSPS) is 16.0. The van der Waals surface area contributed by atoms with Gasteiger partial charge >= 0.3 is 0 Å². The second-order valence-corrected chi connectivity index (χ2v) is 9.11. The minimum absolute atomic E-state index is 0.0911. The van der Waals surface area contributed by atoms with E-state index in [9.17, 15) is 19.8 Å². The monoisotopic (exact) mass is 485 g/mol. The maximum Gasteiger partial charge on any atom is 0.254 e. The Balaban J connectivity index is 1.53. The van der Waals surface area contributed by atoms with E-state index < -0.39 is 24.0 Å². The highest BCUT2D eigenvalue weighted by Crippen LogP contribution is 2.24. The zero-order valence-corrected chi connectivity index (χ0v) is 20.4. The number of nitrogens with zero attached hydrogens (tertiary/aromatic N) is 2. The van der Waals surface area contributed by atoms with E-state index >= 15 is 0 Å². The number of amides is 2. The maximum absolute atomic E-state index is 12.6. The van der Waals surface area contributed by atoms with E-state index in [0.29, 0.717) is 11.4 Å². The molecule has 1 aromatic heterocycles. The topological polar surface area (TPSA) is 112 Å². The molecule has 0 unspecified atom stereocenters. The molecule has 0 bridgehead atoms. The average Bonchev–Trinajstić information content (AvgIpc) is 3.33. The van der Waals surface area contributed by atoms with Crippen LogP contribution in [-0.4, -0.2) is 58.3 Å². The molecular formula is C25H31N3O5S. The molecule has 3 N–H and O–H groups in total. The number of aromatic nitrogens is 1. The van der Waals surface area contributed by atoms with Crippen LogP contribution in [0, 0.1) is 0 Å².